The highest BCUT2D eigenvalue weighted by molar-refractivity contribution is 8.09. The van der Waals surface area contributed by atoms with Crippen LogP contribution >= 0.6 is 0 Å². The second-order valence-electron chi connectivity index (χ2n) is 3.26. The summed E-state index contributed by atoms with van der Waals surface area (Å²) in [4.78, 5) is 1.87. The molecule has 16 heavy (non-hydrogen) atoms. The van der Waals surface area contributed by atoms with E-state index in [9.17, 15) is 8.42 Å². The summed E-state index contributed by atoms with van der Waals surface area (Å²) in [6.45, 7) is 0.553. The van der Waals surface area contributed by atoms with E-state index in [4.69, 9.17) is 5.73 Å². The number of aromatic nitrogens is 1. The van der Waals surface area contributed by atoms with Gasteiger partial charge in [-0.25, -0.2) is 0 Å². The van der Waals surface area contributed by atoms with Gasteiger partial charge in [-0.2, -0.15) is 8.42 Å². The molecule has 87 valence electrons. The maximum absolute atomic E-state index is 11.6. The number of nitrogens with zero attached hydrogens (tertiary/aromatic N) is 2. The number of hydrogen-bond donors (Lipinski definition) is 1. The SMILES string of the molecule is CN(C)c1cc[n+](S(=O)(=O)[B]OCN)cc1. The molecule has 0 saturated carbocycles. The van der Waals surface area contributed by atoms with Gasteiger partial charge in [-0.3, -0.25) is 0 Å². The van der Waals surface area contributed by atoms with Crippen molar-refractivity contribution in [2.24, 2.45) is 5.73 Å². The first kappa shape index (κ1) is 13.0. The van der Waals surface area contributed by atoms with E-state index in [-0.39, 0.29) is 6.73 Å². The Morgan fingerprint density at radius 2 is 2.00 bits per heavy atom. The maximum atomic E-state index is 11.6. The van der Waals surface area contributed by atoms with Crippen LogP contribution in [0.25, 0.3) is 0 Å². The van der Waals surface area contributed by atoms with Gasteiger partial charge in [0.05, 0.1) is 6.73 Å². The van der Waals surface area contributed by atoms with Crippen LogP contribution in [-0.2, 0) is 14.5 Å². The summed E-state index contributed by atoms with van der Waals surface area (Å²) in [6.07, 6.45) is 2.89. The van der Waals surface area contributed by atoms with Crippen LogP contribution in [0.4, 0.5) is 5.69 Å². The standard InChI is InChI=1S/C8H14BN3O3S/c1-11(2)8-3-5-12(6-4-8)16(13,14)9-15-7-10/h3-6H,7,10H2,1-2H3/q+1. The lowest BCUT2D eigenvalue weighted by Gasteiger charge is -2.10. The lowest BCUT2D eigenvalue weighted by Crippen LogP contribution is -2.46. The largest absolute Gasteiger partial charge is 0.549 e. The van der Waals surface area contributed by atoms with Gasteiger partial charge in [-0.1, -0.05) is 0 Å². The van der Waals surface area contributed by atoms with E-state index in [2.05, 4.69) is 4.65 Å². The average Bonchev–Trinajstić information content (AvgIpc) is 2.26. The summed E-state index contributed by atoms with van der Waals surface area (Å²) in [5, 5.41) is 0. The molecule has 0 bridgehead atoms. The summed E-state index contributed by atoms with van der Waals surface area (Å²) < 4.78 is 28.8. The van der Waals surface area contributed by atoms with Gasteiger partial charge in [-0.05, 0) is 0 Å². The van der Waals surface area contributed by atoms with Crippen molar-refractivity contribution in [3.05, 3.63) is 24.5 Å². The Hall–Kier alpha value is -1.12. The van der Waals surface area contributed by atoms with E-state index in [0.29, 0.717) is 0 Å². The summed E-state index contributed by atoms with van der Waals surface area (Å²) >= 11 is 0. The van der Waals surface area contributed by atoms with Crippen LogP contribution in [0.15, 0.2) is 24.5 Å². The molecule has 0 saturated heterocycles. The maximum Gasteiger partial charge on any atom is 0.549 e. The van der Waals surface area contributed by atoms with Gasteiger partial charge in [0.15, 0.2) is 12.4 Å². The third-order valence-corrected chi connectivity index (χ3v) is 3.09. The number of pyridine rings is 1. The molecule has 8 heteroatoms. The van der Waals surface area contributed by atoms with E-state index >= 15 is 0 Å². The number of rotatable bonds is 5. The Labute approximate surface area is 95.9 Å². The summed E-state index contributed by atoms with van der Waals surface area (Å²) in [5.74, 6) is 0. The molecule has 6 nitrogen and oxygen atoms in total. The molecule has 1 radical (unpaired) electrons. The molecule has 0 fully saturated rings. The highest BCUT2D eigenvalue weighted by Gasteiger charge is 2.25. The van der Waals surface area contributed by atoms with E-state index in [0.717, 1.165) is 16.4 Å². The second-order valence-corrected chi connectivity index (χ2v) is 4.90. The highest BCUT2D eigenvalue weighted by Crippen LogP contribution is 2.06. The van der Waals surface area contributed by atoms with Gasteiger partial charge < -0.3 is 15.3 Å². The Morgan fingerprint density at radius 3 is 2.44 bits per heavy atom. The smallest absolute Gasteiger partial charge is 0.407 e. The number of nitrogens with two attached hydrogens (primary N) is 1. The van der Waals surface area contributed by atoms with Crippen molar-refractivity contribution in [3.63, 3.8) is 0 Å². The lowest BCUT2D eigenvalue weighted by molar-refractivity contribution is -0.507. The molecule has 0 unspecified atom stereocenters. The minimum Gasteiger partial charge on any atom is -0.407 e. The minimum atomic E-state index is -3.59. The molecule has 1 aromatic heterocycles. The number of anilines is 1. The molecule has 1 rings (SSSR count). The summed E-state index contributed by atoms with van der Waals surface area (Å²) in [7, 11) is 0.152. The van der Waals surface area contributed by atoms with Crippen LogP contribution in [0, 0.1) is 0 Å². The van der Waals surface area contributed by atoms with Crippen molar-refractivity contribution >= 4 is 22.3 Å². The van der Waals surface area contributed by atoms with Gasteiger partial charge in [0.1, 0.15) is 0 Å². The Morgan fingerprint density at radius 1 is 1.44 bits per heavy atom. The predicted molar refractivity (Wildman–Crippen MR) is 61.2 cm³/mol. The Bertz CT molecular complexity index is 432. The van der Waals surface area contributed by atoms with Crippen LogP contribution in [0.5, 0.6) is 0 Å². The predicted octanol–water partition coefficient (Wildman–Crippen LogP) is -1.31. The zero-order valence-electron chi connectivity index (χ0n) is 9.20. The molecule has 0 atom stereocenters. The van der Waals surface area contributed by atoms with E-state index in [1.165, 1.54) is 12.4 Å². The van der Waals surface area contributed by atoms with E-state index in [1.54, 1.807) is 12.1 Å². The molecular weight excluding hydrogens is 229 g/mol. The summed E-state index contributed by atoms with van der Waals surface area (Å²) in [5.41, 5.74) is 5.95. The van der Waals surface area contributed by atoms with Gasteiger partial charge >= 0.3 is 16.6 Å². The Kier molecular flexibility index (Phi) is 4.28. The molecule has 0 amide bonds. The third kappa shape index (κ3) is 3.19. The topological polar surface area (TPSA) is 76.5 Å². The first-order chi connectivity index (χ1) is 7.47. The molecule has 0 spiro atoms. The fourth-order valence-electron chi connectivity index (χ4n) is 1.05. The van der Waals surface area contributed by atoms with Gasteiger partial charge in [0.25, 0.3) is 0 Å². The number of hydrogen-bond acceptors (Lipinski definition) is 5. The van der Waals surface area contributed by atoms with Crippen molar-refractivity contribution in [3.8, 4) is 0 Å². The first-order valence-corrected chi connectivity index (χ1v) is 6.07. The van der Waals surface area contributed by atoms with Gasteiger partial charge in [0, 0.05) is 31.9 Å². The average molecular weight is 243 g/mol. The summed E-state index contributed by atoms with van der Waals surface area (Å²) in [6, 6.07) is 3.38. The van der Waals surface area contributed by atoms with Gasteiger partial charge in [0.2, 0.25) is 0 Å². The van der Waals surface area contributed by atoms with E-state index < -0.39 is 9.87 Å². The molecular formula is C8H14BN3O3S+. The van der Waals surface area contributed by atoms with Crippen molar-refractivity contribution in [2.75, 3.05) is 25.7 Å². The van der Waals surface area contributed by atoms with Crippen LogP contribution in [0.3, 0.4) is 0 Å². The highest BCUT2D eigenvalue weighted by atomic mass is 32.2. The Balaban J connectivity index is 2.89. The lowest BCUT2D eigenvalue weighted by atomic mass is 10.4. The quantitative estimate of drug-likeness (QED) is 0.394. The van der Waals surface area contributed by atoms with Crippen molar-refractivity contribution < 1.29 is 17.0 Å². The molecule has 0 aliphatic rings. The fourth-order valence-corrected chi connectivity index (χ4v) is 1.86. The molecule has 0 aliphatic heterocycles. The third-order valence-electron chi connectivity index (χ3n) is 1.88. The van der Waals surface area contributed by atoms with Crippen LogP contribution in [0.1, 0.15) is 0 Å². The zero-order chi connectivity index (χ0) is 12.2. The van der Waals surface area contributed by atoms with Crippen LogP contribution in [0.2, 0.25) is 0 Å². The first-order valence-electron chi connectivity index (χ1n) is 4.56. The molecule has 1 heterocycles. The van der Waals surface area contributed by atoms with Crippen molar-refractivity contribution in [2.45, 2.75) is 0 Å². The molecule has 0 aromatic carbocycles. The molecule has 2 N–H and O–H groups in total. The monoisotopic (exact) mass is 243 g/mol. The minimum absolute atomic E-state index is 0.171. The zero-order valence-corrected chi connectivity index (χ0v) is 10.0. The normalized spacial score (nSPS) is 11.2. The van der Waals surface area contributed by atoms with Crippen molar-refractivity contribution in [1.29, 1.82) is 0 Å². The molecule has 0 aliphatic carbocycles. The fraction of sp³-hybridized carbons (Fsp3) is 0.375. The second kappa shape index (κ2) is 5.28. The molecule has 1 aromatic rings. The van der Waals surface area contributed by atoms with Crippen molar-refractivity contribution in [1.82, 2.24) is 0 Å². The van der Waals surface area contributed by atoms with Crippen LogP contribution in [-0.4, -0.2) is 36.0 Å². The van der Waals surface area contributed by atoms with Crippen LogP contribution < -0.4 is 14.6 Å². The van der Waals surface area contributed by atoms with Gasteiger partial charge in [-0.15, -0.1) is 3.97 Å². The van der Waals surface area contributed by atoms with E-state index in [1.807, 2.05) is 19.0 Å².